The van der Waals surface area contributed by atoms with Crippen molar-refractivity contribution in [3.05, 3.63) is 36.4 Å². The lowest BCUT2D eigenvalue weighted by Crippen LogP contribution is -2.42. The van der Waals surface area contributed by atoms with Crippen LogP contribution in [0.15, 0.2) is 35.6 Å². The van der Waals surface area contributed by atoms with Crippen LogP contribution in [0.3, 0.4) is 0 Å². The topological polar surface area (TPSA) is 76.8 Å². The van der Waals surface area contributed by atoms with Crippen molar-refractivity contribution in [1.82, 2.24) is 25.0 Å². The van der Waals surface area contributed by atoms with Crippen LogP contribution in [0, 0.1) is 0 Å². The number of rotatable bonds is 7. The fourth-order valence-corrected chi connectivity index (χ4v) is 2.34. The van der Waals surface area contributed by atoms with Gasteiger partial charge in [-0.05, 0) is 19.1 Å². The second-order valence-electron chi connectivity index (χ2n) is 5.66. The molecule has 0 aliphatic carbocycles. The van der Waals surface area contributed by atoms with Gasteiger partial charge < -0.3 is 19.7 Å². The van der Waals surface area contributed by atoms with E-state index in [1.165, 1.54) is 0 Å². The van der Waals surface area contributed by atoms with Gasteiger partial charge in [0.05, 0.1) is 20.2 Å². The summed E-state index contributed by atoms with van der Waals surface area (Å²) in [5, 5.41) is 7.39. The predicted octanol–water partition coefficient (Wildman–Crippen LogP) is 1.92. The van der Waals surface area contributed by atoms with E-state index in [0.717, 1.165) is 23.3 Å². The van der Waals surface area contributed by atoms with E-state index in [1.54, 1.807) is 25.2 Å². The highest BCUT2D eigenvalue weighted by atomic mass is 127. The van der Waals surface area contributed by atoms with E-state index >= 15 is 0 Å². The van der Waals surface area contributed by atoms with E-state index in [2.05, 4.69) is 20.4 Å². The zero-order chi connectivity index (χ0) is 18.2. The normalized spacial score (nSPS) is 12.1. The molecular formula is C17H27IN6O2. The molecule has 1 atom stereocenters. The van der Waals surface area contributed by atoms with Crippen LogP contribution in [0.2, 0.25) is 0 Å². The summed E-state index contributed by atoms with van der Waals surface area (Å²) < 4.78 is 13.0. The maximum atomic E-state index is 5.95. The molecule has 0 aliphatic rings. The van der Waals surface area contributed by atoms with Crippen molar-refractivity contribution in [1.29, 1.82) is 0 Å². The van der Waals surface area contributed by atoms with Gasteiger partial charge in [0.2, 0.25) is 0 Å². The summed E-state index contributed by atoms with van der Waals surface area (Å²) in [4.78, 5) is 10.5. The standard InChI is InChI=1S/C17H26N6O2.HI/c1-13(25-15-9-7-6-8-14(15)24-5)10-19-17(18-2)22(3)11-16-20-12-21-23(16)4;/h6-9,12-13H,10-11H2,1-5H3,(H,18,19);1H. The molecule has 1 aromatic heterocycles. The van der Waals surface area contributed by atoms with Gasteiger partial charge in [0.1, 0.15) is 18.3 Å². The number of nitrogens with one attached hydrogen (secondary N) is 1. The van der Waals surface area contributed by atoms with Crippen LogP contribution >= 0.6 is 24.0 Å². The number of aryl methyl sites for hydroxylation is 1. The predicted molar refractivity (Wildman–Crippen MR) is 112 cm³/mol. The van der Waals surface area contributed by atoms with Crippen molar-refractivity contribution >= 4 is 29.9 Å². The van der Waals surface area contributed by atoms with Crippen molar-refractivity contribution in [3.63, 3.8) is 0 Å². The highest BCUT2D eigenvalue weighted by molar-refractivity contribution is 14.0. The van der Waals surface area contributed by atoms with Gasteiger partial charge in [-0.15, -0.1) is 24.0 Å². The Hall–Kier alpha value is -2.04. The number of para-hydroxylation sites is 2. The molecule has 0 bridgehead atoms. The summed E-state index contributed by atoms with van der Waals surface area (Å²) in [6.45, 7) is 3.21. The van der Waals surface area contributed by atoms with E-state index in [-0.39, 0.29) is 30.1 Å². The molecule has 2 rings (SSSR count). The molecule has 0 saturated heterocycles. The highest BCUT2D eigenvalue weighted by Crippen LogP contribution is 2.26. The molecule has 0 spiro atoms. The van der Waals surface area contributed by atoms with E-state index < -0.39 is 0 Å². The highest BCUT2D eigenvalue weighted by Gasteiger charge is 2.13. The molecule has 1 heterocycles. The lowest BCUT2D eigenvalue weighted by atomic mass is 10.3. The number of guanidine groups is 1. The van der Waals surface area contributed by atoms with Crippen LogP contribution in [0.1, 0.15) is 12.7 Å². The van der Waals surface area contributed by atoms with Gasteiger partial charge in [0.25, 0.3) is 0 Å². The Bertz CT molecular complexity index is 706. The number of benzene rings is 1. The minimum absolute atomic E-state index is 0. The van der Waals surface area contributed by atoms with Gasteiger partial charge in [-0.3, -0.25) is 9.67 Å². The van der Waals surface area contributed by atoms with Crippen LogP contribution < -0.4 is 14.8 Å². The van der Waals surface area contributed by atoms with Crippen LogP contribution in [0.4, 0.5) is 0 Å². The molecule has 9 heteroatoms. The summed E-state index contributed by atoms with van der Waals surface area (Å²) in [6.07, 6.45) is 1.49. The molecule has 1 N–H and O–H groups in total. The first kappa shape index (κ1) is 22.0. The van der Waals surface area contributed by atoms with Crippen molar-refractivity contribution in [2.24, 2.45) is 12.0 Å². The Morgan fingerprint density at radius 1 is 1.35 bits per heavy atom. The summed E-state index contributed by atoms with van der Waals surface area (Å²) in [7, 11) is 7.21. The van der Waals surface area contributed by atoms with E-state index in [0.29, 0.717) is 13.1 Å². The largest absolute Gasteiger partial charge is 0.493 e. The zero-order valence-electron chi connectivity index (χ0n) is 15.8. The van der Waals surface area contributed by atoms with Gasteiger partial charge in [-0.25, -0.2) is 4.98 Å². The lowest BCUT2D eigenvalue weighted by Gasteiger charge is -2.23. The molecule has 1 aromatic carbocycles. The Kier molecular flexibility index (Phi) is 9.17. The number of halogens is 1. The molecule has 0 radical (unpaired) electrons. The van der Waals surface area contributed by atoms with Crippen LogP contribution in [0.5, 0.6) is 11.5 Å². The van der Waals surface area contributed by atoms with Crippen LogP contribution in [-0.4, -0.2) is 59.5 Å². The maximum absolute atomic E-state index is 5.95. The Morgan fingerprint density at radius 2 is 2.04 bits per heavy atom. The van der Waals surface area contributed by atoms with Gasteiger partial charge in [0.15, 0.2) is 17.5 Å². The SMILES string of the molecule is CN=C(NCC(C)Oc1ccccc1OC)N(C)Cc1ncnn1C.I. The zero-order valence-corrected chi connectivity index (χ0v) is 18.2. The number of ether oxygens (including phenoxy) is 2. The molecular weight excluding hydrogens is 447 g/mol. The molecule has 0 saturated carbocycles. The fraction of sp³-hybridized carbons (Fsp3) is 0.471. The Labute approximate surface area is 171 Å². The molecule has 0 amide bonds. The number of nitrogens with zero attached hydrogens (tertiary/aromatic N) is 5. The molecule has 144 valence electrons. The molecule has 1 unspecified atom stereocenters. The maximum Gasteiger partial charge on any atom is 0.193 e. The van der Waals surface area contributed by atoms with E-state index in [4.69, 9.17) is 9.47 Å². The first-order valence-corrected chi connectivity index (χ1v) is 8.09. The molecule has 26 heavy (non-hydrogen) atoms. The lowest BCUT2D eigenvalue weighted by molar-refractivity contribution is 0.212. The quantitative estimate of drug-likeness (QED) is 0.376. The summed E-state index contributed by atoms with van der Waals surface area (Å²) >= 11 is 0. The van der Waals surface area contributed by atoms with Crippen molar-refractivity contribution in [2.75, 3.05) is 27.7 Å². The second-order valence-corrected chi connectivity index (χ2v) is 5.66. The number of hydrogen-bond acceptors (Lipinski definition) is 5. The van der Waals surface area contributed by atoms with Crippen LogP contribution in [0.25, 0.3) is 0 Å². The smallest absolute Gasteiger partial charge is 0.193 e. The molecule has 0 aliphatic heterocycles. The van der Waals surface area contributed by atoms with Crippen molar-refractivity contribution < 1.29 is 9.47 Å². The van der Waals surface area contributed by atoms with Gasteiger partial charge in [-0.1, -0.05) is 12.1 Å². The van der Waals surface area contributed by atoms with Crippen molar-refractivity contribution in [3.8, 4) is 11.5 Å². The summed E-state index contributed by atoms with van der Waals surface area (Å²) in [6, 6.07) is 7.61. The van der Waals surface area contributed by atoms with Crippen LogP contribution in [-0.2, 0) is 13.6 Å². The minimum Gasteiger partial charge on any atom is -0.493 e. The Morgan fingerprint density at radius 3 is 2.62 bits per heavy atom. The molecule has 8 nitrogen and oxygen atoms in total. The summed E-state index contributed by atoms with van der Waals surface area (Å²) in [5.41, 5.74) is 0. The average Bonchev–Trinajstić information content (AvgIpc) is 3.00. The first-order chi connectivity index (χ1) is 12.0. The first-order valence-electron chi connectivity index (χ1n) is 8.09. The molecule has 2 aromatic rings. The number of methoxy groups -OCH3 is 1. The third-order valence-corrected chi connectivity index (χ3v) is 3.70. The number of hydrogen-bond donors (Lipinski definition) is 1. The van der Waals surface area contributed by atoms with Gasteiger partial charge >= 0.3 is 0 Å². The Balaban J connectivity index is 0.00000338. The third kappa shape index (κ3) is 6.04. The van der Waals surface area contributed by atoms with Gasteiger partial charge in [-0.2, -0.15) is 5.10 Å². The number of aromatic nitrogens is 3. The number of aliphatic imine (C=N–C) groups is 1. The van der Waals surface area contributed by atoms with E-state index in [9.17, 15) is 0 Å². The van der Waals surface area contributed by atoms with E-state index in [1.807, 2.05) is 50.2 Å². The van der Waals surface area contributed by atoms with Crippen molar-refractivity contribution in [2.45, 2.75) is 19.6 Å². The average molecular weight is 474 g/mol. The second kappa shape index (κ2) is 10.8. The van der Waals surface area contributed by atoms with Gasteiger partial charge in [0, 0.05) is 21.1 Å². The minimum atomic E-state index is -0.0590. The fourth-order valence-electron chi connectivity index (χ4n) is 2.34. The monoisotopic (exact) mass is 474 g/mol. The third-order valence-electron chi connectivity index (χ3n) is 3.70. The summed E-state index contributed by atoms with van der Waals surface area (Å²) in [5.74, 6) is 3.07. The molecule has 0 fully saturated rings.